The van der Waals surface area contributed by atoms with Gasteiger partial charge < -0.3 is 0 Å². The number of hydrogen-bond acceptors (Lipinski definition) is 4. The predicted octanol–water partition coefficient (Wildman–Crippen LogP) is 7.14. The van der Waals surface area contributed by atoms with Crippen LogP contribution in [0.4, 0.5) is 0 Å². The summed E-state index contributed by atoms with van der Waals surface area (Å²) in [7, 11) is 0. The van der Waals surface area contributed by atoms with E-state index in [-0.39, 0.29) is 0 Å². The van der Waals surface area contributed by atoms with Gasteiger partial charge in [-0.3, -0.25) is 0 Å². The lowest BCUT2D eigenvalue weighted by Crippen LogP contribution is -2.01. The zero-order chi connectivity index (χ0) is 21.9. The van der Waals surface area contributed by atoms with E-state index in [1.54, 1.807) is 0 Å². The first-order valence-electron chi connectivity index (χ1n) is 10.5. The molecule has 0 amide bonds. The van der Waals surface area contributed by atoms with Crippen molar-refractivity contribution in [2.45, 2.75) is 11.8 Å². The van der Waals surface area contributed by atoms with Crippen molar-refractivity contribution in [2.24, 2.45) is 0 Å². The van der Waals surface area contributed by atoms with E-state index in [9.17, 15) is 0 Å². The summed E-state index contributed by atoms with van der Waals surface area (Å²) in [6.45, 7) is 1.90. The first-order chi connectivity index (χ1) is 15.7. The predicted molar refractivity (Wildman–Crippen MR) is 134 cm³/mol. The Hall–Kier alpha value is -3.76. The van der Waals surface area contributed by atoms with E-state index in [0.717, 1.165) is 32.7 Å². The Morgan fingerprint density at radius 3 is 1.75 bits per heavy atom. The van der Waals surface area contributed by atoms with Crippen LogP contribution in [0.15, 0.2) is 108 Å². The number of nitrogens with zero attached hydrogens (tertiary/aromatic N) is 3. The second-order valence-electron chi connectivity index (χ2n) is 7.54. The molecule has 1 aromatic heterocycles. The van der Waals surface area contributed by atoms with Crippen LogP contribution in [0.2, 0.25) is 0 Å². The summed E-state index contributed by atoms with van der Waals surface area (Å²) in [5, 5.41) is 0. The van der Waals surface area contributed by atoms with Crippen LogP contribution in [0.5, 0.6) is 0 Å². The van der Waals surface area contributed by atoms with Crippen LogP contribution in [0.3, 0.4) is 0 Å². The topological polar surface area (TPSA) is 38.7 Å². The van der Waals surface area contributed by atoms with Crippen molar-refractivity contribution in [3.63, 3.8) is 0 Å². The molecule has 0 N–H and O–H groups in total. The molecular formula is C28H21N3S. The lowest BCUT2D eigenvalue weighted by atomic mass is 9.99. The van der Waals surface area contributed by atoms with Crippen molar-refractivity contribution in [3.05, 3.63) is 109 Å². The van der Waals surface area contributed by atoms with Gasteiger partial charge in [0.25, 0.3) is 0 Å². The summed E-state index contributed by atoms with van der Waals surface area (Å²) in [4.78, 5) is 15.0. The molecule has 0 aliphatic carbocycles. The fraction of sp³-hybridized carbons (Fsp3) is 0.0357. The number of benzene rings is 4. The van der Waals surface area contributed by atoms with Crippen LogP contribution in [0.25, 0.3) is 45.0 Å². The fourth-order valence-electron chi connectivity index (χ4n) is 3.81. The van der Waals surface area contributed by atoms with Gasteiger partial charge in [-0.2, -0.15) is 0 Å². The maximum Gasteiger partial charge on any atom is 0.164 e. The highest BCUT2D eigenvalue weighted by atomic mass is 32.1. The van der Waals surface area contributed by atoms with E-state index < -0.39 is 0 Å². The largest absolute Gasteiger partial charge is 0.213 e. The number of aromatic nitrogens is 3. The van der Waals surface area contributed by atoms with Gasteiger partial charge in [-0.1, -0.05) is 97.1 Å². The molecule has 0 spiro atoms. The summed E-state index contributed by atoms with van der Waals surface area (Å²) in [6, 6.07) is 34.9. The fourth-order valence-corrected chi connectivity index (χ4v) is 4.14. The molecule has 0 saturated carbocycles. The van der Waals surface area contributed by atoms with Gasteiger partial charge in [0.05, 0.1) is 0 Å². The molecule has 4 aromatic carbocycles. The second-order valence-corrected chi connectivity index (χ2v) is 8.02. The molecule has 1 heterocycles. The van der Waals surface area contributed by atoms with E-state index in [1.807, 2.05) is 61.5 Å². The Labute approximate surface area is 193 Å². The SMILES string of the molecule is Cc1nc(-c2ccc(-c3ccccc3)cc2)nc(-c2cccc(S)c2-c2ccccc2)n1. The molecule has 0 bridgehead atoms. The van der Waals surface area contributed by atoms with Crippen molar-refractivity contribution in [1.82, 2.24) is 15.0 Å². The number of rotatable bonds is 4. The highest BCUT2D eigenvalue weighted by Crippen LogP contribution is 2.35. The van der Waals surface area contributed by atoms with Gasteiger partial charge in [-0.25, -0.2) is 15.0 Å². The van der Waals surface area contributed by atoms with Crippen LogP contribution in [0.1, 0.15) is 5.82 Å². The van der Waals surface area contributed by atoms with Crippen LogP contribution >= 0.6 is 12.6 Å². The molecule has 4 heteroatoms. The molecule has 154 valence electrons. The van der Waals surface area contributed by atoms with Gasteiger partial charge in [-0.05, 0) is 29.7 Å². The van der Waals surface area contributed by atoms with E-state index in [0.29, 0.717) is 17.5 Å². The number of hydrogen-bond donors (Lipinski definition) is 1. The smallest absolute Gasteiger partial charge is 0.164 e. The van der Waals surface area contributed by atoms with E-state index >= 15 is 0 Å². The molecule has 3 nitrogen and oxygen atoms in total. The third kappa shape index (κ3) is 4.05. The normalized spacial score (nSPS) is 10.8. The first kappa shape index (κ1) is 20.2. The van der Waals surface area contributed by atoms with Crippen molar-refractivity contribution in [3.8, 4) is 45.0 Å². The Morgan fingerprint density at radius 2 is 1.06 bits per heavy atom. The molecule has 0 aliphatic heterocycles. The Bertz CT molecular complexity index is 1370. The van der Waals surface area contributed by atoms with Gasteiger partial charge in [0, 0.05) is 21.6 Å². The highest BCUT2D eigenvalue weighted by Gasteiger charge is 2.15. The number of thiol groups is 1. The average Bonchev–Trinajstić information content (AvgIpc) is 2.85. The lowest BCUT2D eigenvalue weighted by Gasteiger charge is -2.13. The third-order valence-corrected chi connectivity index (χ3v) is 5.72. The Morgan fingerprint density at radius 1 is 0.500 bits per heavy atom. The van der Waals surface area contributed by atoms with Gasteiger partial charge in [0.2, 0.25) is 0 Å². The van der Waals surface area contributed by atoms with E-state index in [1.165, 1.54) is 5.56 Å². The van der Waals surface area contributed by atoms with Crippen molar-refractivity contribution in [2.75, 3.05) is 0 Å². The maximum absolute atomic E-state index is 4.85. The summed E-state index contributed by atoms with van der Waals surface area (Å²) >= 11 is 4.73. The van der Waals surface area contributed by atoms with Crippen molar-refractivity contribution in [1.29, 1.82) is 0 Å². The minimum atomic E-state index is 0.648. The molecule has 32 heavy (non-hydrogen) atoms. The molecule has 5 rings (SSSR count). The van der Waals surface area contributed by atoms with Crippen LogP contribution in [0, 0.1) is 6.92 Å². The molecule has 0 radical (unpaired) electrons. The highest BCUT2D eigenvalue weighted by molar-refractivity contribution is 7.80. The second kappa shape index (κ2) is 8.77. The Kier molecular flexibility index (Phi) is 5.53. The minimum Gasteiger partial charge on any atom is -0.213 e. The van der Waals surface area contributed by atoms with Gasteiger partial charge in [-0.15, -0.1) is 12.6 Å². The molecule has 0 atom stereocenters. The standard InChI is InChI=1S/C28H21N3S/c1-19-29-27(23-17-15-21(16-18-23)20-9-4-2-5-10-20)31-28(30-19)24-13-8-14-25(32)26(24)22-11-6-3-7-12-22/h2-18,32H,1H3. The van der Waals surface area contributed by atoms with Crippen molar-refractivity contribution < 1.29 is 0 Å². The van der Waals surface area contributed by atoms with Gasteiger partial charge in [0.1, 0.15) is 5.82 Å². The third-order valence-electron chi connectivity index (χ3n) is 5.34. The van der Waals surface area contributed by atoms with Gasteiger partial charge in [0.15, 0.2) is 11.6 Å². The Balaban J connectivity index is 1.59. The van der Waals surface area contributed by atoms with Gasteiger partial charge >= 0.3 is 0 Å². The average molecular weight is 432 g/mol. The summed E-state index contributed by atoms with van der Waals surface area (Å²) in [5.41, 5.74) is 6.35. The molecule has 0 aliphatic rings. The summed E-state index contributed by atoms with van der Waals surface area (Å²) in [6.07, 6.45) is 0. The van der Waals surface area contributed by atoms with Crippen LogP contribution in [-0.4, -0.2) is 15.0 Å². The molecule has 0 saturated heterocycles. The zero-order valence-corrected chi connectivity index (χ0v) is 18.5. The quantitative estimate of drug-likeness (QED) is 0.307. The first-order valence-corrected chi connectivity index (χ1v) is 10.9. The van der Waals surface area contributed by atoms with E-state index in [4.69, 9.17) is 17.6 Å². The summed E-state index contributed by atoms with van der Waals surface area (Å²) in [5.74, 6) is 1.99. The maximum atomic E-state index is 4.85. The van der Waals surface area contributed by atoms with E-state index in [2.05, 4.69) is 58.5 Å². The van der Waals surface area contributed by atoms with Crippen molar-refractivity contribution >= 4 is 12.6 Å². The zero-order valence-electron chi connectivity index (χ0n) is 17.6. The molecule has 5 aromatic rings. The number of aryl methyl sites for hydroxylation is 1. The lowest BCUT2D eigenvalue weighted by molar-refractivity contribution is 0.991. The molecule has 0 fully saturated rings. The molecular weight excluding hydrogens is 410 g/mol. The van der Waals surface area contributed by atoms with Crippen LogP contribution in [-0.2, 0) is 0 Å². The minimum absolute atomic E-state index is 0.648. The van der Waals surface area contributed by atoms with Crippen LogP contribution < -0.4 is 0 Å². The molecule has 0 unspecified atom stereocenters. The monoisotopic (exact) mass is 431 g/mol. The summed E-state index contributed by atoms with van der Waals surface area (Å²) < 4.78 is 0.